The third-order valence-electron chi connectivity index (χ3n) is 3.79. The average molecular weight is 272 g/mol. The number of aromatic nitrogens is 4. The highest BCUT2D eigenvalue weighted by atomic mass is 15.5. The predicted octanol–water partition coefficient (Wildman–Crippen LogP) is 1.48. The maximum atomic E-state index is 3.93. The van der Waals surface area contributed by atoms with Gasteiger partial charge in [0.1, 0.15) is 6.33 Å². The molecule has 1 atom stereocenters. The van der Waals surface area contributed by atoms with Crippen molar-refractivity contribution in [2.24, 2.45) is 0 Å². The normalized spacial score (nSPS) is 20.0. The second-order valence-electron chi connectivity index (χ2n) is 5.50. The van der Waals surface area contributed by atoms with Crippen molar-refractivity contribution in [2.75, 3.05) is 25.5 Å². The molecule has 0 bridgehead atoms. The van der Waals surface area contributed by atoms with E-state index >= 15 is 0 Å². The first-order valence-electron chi connectivity index (χ1n) is 7.01. The number of hydrogen-bond acceptors (Lipinski definition) is 5. The summed E-state index contributed by atoms with van der Waals surface area (Å²) in [6, 6.07) is 6.84. The molecule has 6 nitrogen and oxygen atoms in total. The van der Waals surface area contributed by atoms with Gasteiger partial charge in [-0.2, -0.15) is 0 Å². The molecule has 2 heterocycles. The molecular formula is C14H20N6. The van der Waals surface area contributed by atoms with E-state index < -0.39 is 0 Å². The van der Waals surface area contributed by atoms with Gasteiger partial charge in [-0.25, -0.2) is 4.68 Å². The fourth-order valence-electron chi connectivity index (χ4n) is 2.79. The molecule has 2 aromatic rings. The van der Waals surface area contributed by atoms with Gasteiger partial charge >= 0.3 is 0 Å². The summed E-state index contributed by atoms with van der Waals surface area (Å²) >= 11 is 0. The molecule has 0 saturated carbocycles. The minimum atomic E-state index is 0.534. The molecular weight excluding hydrogens is 252 g/mol. The summed E-state index contributed by atoms with van der Waals surface area (Å²) in [5, 5.41) is 14.9. The van der Waals surface area contributed by atoms with Gasteiger partial charge in [0.05, 0.1) is 5.69 Å². The lowest BCUT2D eigenvalue weighted by Gasteiger charge is -2.31. The lowest BCUT2D eigenvalue weighted by atomic mass is 10.1. The van der Waals surface area contributed by atoms with Gasteiger partial charge in [0.15, 0.2) is 0 Å². The quantitative estimate of drug-likeness (QED) is 0.917. The van der Waals surface area contributed by atoms with Gasteiger partial charge in [0.25, 0.3) is 0 Å². The van der Waals surface area contributed by atoms with Crippen LogP contribution in [0.2, 0.25) is 0 Å². The van der Waals surface area contributed by atoms with E-state index in [4.69, 9.17) is 0 Å². The van der Waals surface area contributed by atoms with Crippen LogP contribution in [-0.4, -0.2) is 51.3 Å². The fourth-order valence-corrected chi connectivity index (χ4v) is 2.79. The first-order valence-corrected chi connectivity index (χ1v) is 7.01. The number of rotatable bonds is 3. The first kappa shape index (κ1) is 13.1. The van der Waals surface area contributed by atoms with Gasteiger partial charge in [-0.3, -0.25) is 0 Å². The molecule has 1 aliphatic rings. The zero-order valence-electron chi connectivity index (χ0n) is 12.0. The smallest absolute Gasteiger partial charge is 0.143 e. The van der Waals surface area contributed by atoms with Crippen LogP contribution in [0.15, 0.2) is 24.5 Å². The van der Waals surface area contributed by atoms with Crippen molar-refractivity contribution >= 4 is 5.69 Å². The lowest BCUT2D eigenvalue weighted by molar-refractivity contribution is 0.261. The number of tetrazole rings is 1. The average Bonchev–Trinajstić information content (AvgIpc) is 2.92. The summed E-state index contributed by atoms with van der Waals surface area (Å²) in [4.78, 5) is 2.38. The van der Waals surface area contributed by atoms with Crippen molar-refractivity contribution in [1.29, 1.82) is 0 Å². The molecule has 1 unspecified atom stereocenters. The SMILES string of the molecule is Cc1cc(NC2CCCN(C)C2)ccc1-n1cnnn1. The van der Waals surface area contributed by atoms with Gasteiger partial charge in [-0.1, -0.05) is 0 Å². The van der Waals surface area contributed by atoms with E-state index in [1.165, 1.54) is 25.1 Å². The number of likely N-dealkylation sites (tertiary alicyclic amines) is 1. The standard InChI is InChI=1S/C14H20N6/c1-11-8-12(16-13-4-3-7-19(2)9-13)5-6-14(11)20-10-15-17-18-20/h5-6,8,10,13,16H,3-4,7,9H2,1-2H3. The van der Waals surface area contributed by atoms with Gasteiger partial charge < -0.3 is 10.2 Å². The zero-order chi connectivity index (χ0) is 13.9. The molecule has 1 fully saturated rings. The fraction of sp³-hybridized carbons (Fsp3) is 0.500. The molecule has 0 amide bonds. The van der Waals surface area contributed by atoms with E-state index in [1.54, 1.807) is 11.0 Å². The van der Waals surface area contributed by atoms with Crippen LogP contribution in [0.4, 0.5) is 5.69 Å². The molecule has 106 valence electrons. The van der Waals surface area contributed by atoms with Crippen molar-refractivity contribution in [3.8, 4) is 5.69 Å². The molecule has 20 heavy (non-hydrogen) atoms. The Balaban J connectivity index is 1.74. The minimum Gasteiger partial charge on any atom is -0.381 e. The summed E-state index contributed by atoms with van der Waals surface area (Å²) in [5.74, 6) is 0. The number of piperidine rings is 1. The Hall–Kier alpha value is -1.95. The van der Waals surface area contributed by atoms with Crippen molar-refractivity contribution in [1.82, 2.24) is 25.1 Å². The summed E-state index contributed by atoms with van der Waals surface area (Å²) in [6.07, 6.45) is 4.11. The maximum Gasteiger partial charge on any atom is 0.143 e. The maximum absolute atomic E-state index is 3.93. The van der Waals surface area contributed by atoms with Crippen LogP contribution in [0.25, 0.3) is 5.69 Å². The molecule has 3 rings (SSSR count). The van der Waals surface area contributed by atoms with Crippen LogP contribution >= 0.6 is 0 Å². The summed E-state index contributed by atoms with van der Waals surface area (Å²) < 4.78 is 1.69. The molecule has 1 saturated heterocycles. The Labute approximate surface area is 118 Å². The zero-order valence-corrected chi connectivity index (χ0v) is 12.0. The van der Waals surface area contributed by atoms with Crippen LogP contribution in [0.3, 0.4) is 0 Å². The molecule has 6 heteroatoms. The number of likely N-dealkylation sites (N-methyl/N-ethyl adjacent to an activating group) is 1. The van der Waals surface area contributed by atoms with Crippen molar-refractivity contribution in [2.45, 2.75) is 25.8 Å². The second-order valence-corrected chi connectivity index (χ2v) is 5.50. The van der Waals surface area contributed by atoms with Gasteiger partial charge in [0, 0.05) is 18.3 Å². The van der Waals surface area contributed by atoms with Crippen LogP contribution in [-0.2, 0) is 0 Å². The lowest BCUT2D eigenvalue weighted by Crippen LogP contribution is -2.39. The summed E-state index contributed by atoms with van der Waals surface area (Å²) in [5.41, 5.74) is 3.34. The van der Waals surface area contributed by atoms with E-state index in [0.29, 0.717) is 6.04 Å². The van der Waals surface area contributed by atoms with Crippen molar-refractivity contribution in [3.63, 3.8) is 0 Å². The first-order chi connectivity index (χ1) is 9.72. The minimum absolute atomic E-state index is 0.534. The Kier molecular flexibility index (Phi) is 3.64. The van der Waals surface area contributed by atoms with E-state index in [2.05, 4.69) is 57.9 Å². The topological polar surface area (TPSA) is 58.9 Å². The van der Waals surface area contributed by atoms with Crippen LogP contribution in [0, 0.1) is 6.92 Å². The number of nitrogens with zero attached hydrogens (tertiary/aromatic N) is 5. The number of aryl methyl sites for hydroxylation is 1. The highest BCUT2D eigenvalue weighted by molar-refractivity contribution is 5.53. The number of benzene rings is 1. The van der Waals surface area contributed by atoms with E-state index in [-0.39, 0.29) is 0 Å². The Morgan fingerprint density at radius 2 is 2.25 bits per heavy atom. The monoisotopic (exact) mass is 272 g/mol. The van der Waals surface area contributed by atoms with E-state index in [9.17, 15) is 0 Å². The number of nitrogens with one attached hydrogen (secondary N) is 1. The Morgan fingerprint density at radius 1 is 1.35 bits per heavy atom. The third kappa shape index (κ3) is 2.80. The highest BCUT2D eigenvalue weighted by Gasteiger charge is 2.16. The van der Waals surface area contributed by atoms with Gasteiger partial charge in [-0.05, 0) is 67.5 Å². The number of anilines is 1. The summed E-state index contributed by atoms with van der Waals surface area (Å²) in [7, 11) is 2.18. The molecule has 1 aromatic carbocycles. The van der Waals surface area contributed by atoms with Crippen molar-refractivity contribution < 1.29 is 0 Å². The number of hydrogen-bond donors (Lipinski definition) is 1. The molecule has 1 N–H and O–H groups in total. The van der Waals surface area contributed by atoms with Crippen LogP contribution in [0.1, 0.15) is 18.4 Å². The van der Waals surface area contributed by atoms with Gasteiger partial charge in [0.2, 0.25) is 0 Å². The molecule has 1 aliphatic heterocycles. The Bertz CT molecular complexity index is 565. The Morgan fingerprint density at radius 3 is 2.95 bits per heavy atom. The van der Waals surface area contributed by atoms with Crippen LogP contribution < -0.4 is 5.32 Å². The third-order valence-corrected chi connectivity index (χ3v) is 3.79. The van der Waals surface area contributed by atoms with E-state index in [0.717, 1.165) is 17.8 Å². The highest BCUT2D eigenvalue weighted by Crippen LogP contribution is 2.20. The van der Waals surface area contributed by atoms with Gasteiger partial charge in [-0.15, -0.1) is 5.10 Å². The predicted molar refractivity (Wildman–Crippen MR) is 78.0 cm³/mol. The van der Waals surface area contributed by atoms with E-state index in [1.807, 2.05) is 0 Å². The van der Waals surface area contributed by atoms with Crippen LogP contribution in [0.5, 0.6) is 0 Å². The molecule has 1 aromatic heterocycles. The largest absolute Gasteiger partial charge is 0.381 e. The van der Waals surface area contributed by atoms with Crippen molar-refractivity contribution in [3.05, 3.63) is 30.1 Å². The second kappa shape index (κ2) is 5.58. The molecule has 0 spiro atoms. The summed E-state index contributed by atoms with van der Waals surface area (Å²) in [6.45, 7) is 4.39. The molecule has 0 aliphatic carbocycles. The molecule has 0 radical (unpaired) electrons.